The fourth-order valence-corrected chi connectivity index (χ4v) is 6.13. The van der Waals surface area contributed by atoms with Crippen LogP contribution in [0.5, 0.6) is 0 Å². The van der Waals surface area contributed by atoms with E-state index >= 15 is 0 Å². The number of hydrogen-bond donors (Lipinski definition) is 1. The van der Waals surface area contributed by atoms with E-state index in [4.69, 9.17) is 0 Å². The van der Waals surface area contributed by atoms with E-state index < -0.39 is 28.5 Å². The maximum atomic E-state index is 14.1. The van der Waals surface area contributed by atoms with Gasteiger partial charge in [0.1, 0.15) is 12.6 Å². The molecule has 7 nitrogen and oxygen atoms in total. The highest BCUT2D eigenvalue weighted by Gasteiger charge is 2.32. The number of rotatable bonds is 12. The molecule has 3 aromatic carbocycles. The third-order valence-electron chi connectivity index (χ3n) is 7.15. The Morgan fingerprint density at radius 3 is 2.12 bits per heavy atom. The molecule has 0 aliphatic heterocycles. The van der Waals surface area contributed by atoms with Gasteiger partial charge in [-0.15, -0.1) is 0 Å². The molecule has 0 fully saturated rings. The van der Waals surface area contributed by atoms with E-state index in [1.54, 1.807) is 43.3 Å². The first-order valence-corrected chi connectivity index (χ1v) is 16.1. The monoisotopic (exact) mass is 641 g/mol. The molecule has 0 aromatic heterocycles. The van der Waals surface area contributed by atoms with Gasteiger partial charge >= 0.3 is 0 Å². The molecule has 2 amide bonds. The molecule has 2 unspecified atom stereocenters. The Morgan fingerprint density at radius 2 is 1.56 bits per heavy atom. The zero-order chi connectivity index (χ0) is 30.3. The molecule has 0 heterocycles. The van der Waals surface area contributed by atoms with E-state index in [-0.39, 0.29) is 29.3 Å². The Kier molecular flexibility index (Phi) is 11.2. The van der Waals surface area contributed by atoms with Gasteiger partial charge in [-0.25, -0.2) is 8.42 Å². The van der Waals surface area contributed by atoms with Gasteiger partial charge in [-0.2, -0.15) is 0 Å². The van der Waals surface area contributed by atoms with Gasteiger partial charge in [0.15, 0.2) is 0 Å². The molecule has 41 heavy (non-hydrogen) atoms. The number of anilines is 1. The lowest BCUT2D eigenvalue weighted by molar-refractivity contribution is -0.139. The topological polar surface area (TPSA) is 86.8 Å². The smallest absolute Gasteiger partial charge is 0.264 e. The van der Waals surface area contributed by atoms with Gasteiger partial charge in [-0.3, -0.25) is 13.9 Å². The van der Waals surface area contributed by atoms with Gasteiger partial charge in [0, 0.05) is 17.1 Å². The van der Waals surface area contributed by atoms with Crippen LogP contribution in [-0.4, -0.2) is 43.8 Å². The third kappa shape index (κ3) is 8.42. The number of nitrogens with zero attached hydrogens (tertiary/aromatic N) is 2. The second-order valence-corrected chi connectivity index (χ2v) is 13.5. The lowest BCUT2D eigenvalue weighted by Crippen LogP contribution is -2.52. The van der Waals surface area contributed by atoms with Crippen LogP contribution in [0.1, 0.15) is 63.6 Å². The lowest BCUT2D eigenvalue weighted by atomic mass is 10.0. The molecule has 0 spiro atoms. The summed E-state index contributed by atoms with van der Waals surface area (Å²) in [4.78, 5) is 28.8. The summed E-state index contributed by atoms with van der Waals surface area (Å²) in [7, 11) is -4.10. The highest BCUT2D eigenvalue weighted by Crippen LogP contribution is 2.27. The van der Waals surface area contributed by atoms with Gasteiger partial charge < -0.3 is 10.2 Å². The highest BCUT2D eigenvalue weighted by atomic mass is 79.9. The average molecular weight is 643 g/mol. The highest BCUT2D eigenvalue weighted by molar-refractivity contribution is 9.10. The Morgan fingerprint density at radius 1 is 0.927 bits per heavy atom. The van der Waals surface area contributed by atoms with Crippen molar-refractivity contribution in [2.75, 3.05) is 10.8 Å². The van der Waals surface area contributed by atoms with Crippen molar-refractivity contribution in [2.24, 2.45) is 0 Å². The van der Waals surface area contributed by atoms with Crippen LogP contribution in [-0.2, 0) is 26.2 Å². The maximum absolute atomic E-state index is 14.1. The second kappa shape index (κ2) is 14.1. The minimum Gasteiger partial charge on any atom is -0.352 e. The van der Waals surface area contributed by atoms with Crippen molar-refractivity contribution in [1.29, 1.82) is 0 Å². The van der Waals surface area contributed by atoms with E-state index in [0.717, 1.165) is 31.9 Å². The maximum Gasteiger partial charge on any atom is 0.264 e. The van der Waals surface area contributed by atoms with Crippen molar-refractivity contribution in [3.05, 3.63) is 94.0 Å². The fraction of sp³-hybridized carbons (Fsp3) is 0.375. The van der Waals surface area contributed by atoms with E-state index in [9.17, 15) is 18.0 Å². The lowest BCUT2D eigenvalue weighted by Gasteiger charge is -2.32. The summed E-state index contributed by atoms with van der Waals surface area (Å²) in [6.07, 6.45) is 0.743. The van der Waals surface area contributed by atoms with Gasteiger partial charge in [-0.05, 0) is 80.6 Å². The zero-order valence-corrected chi connectivity index (χ0v) is 27.0. The molecule has 3 aromatic rings. The largest absolute Gasteiger partial charge is 0.352 e. The van der Waals surface area contributed by atoms with Gasteiger partial charge in [0.2, 0.25) is 11.8 Å². The molecule has 0 bridgehead atoms. The van der Waals surface area contributed by atoms with Crippen LogP contribution in [0, 0.1) is 6.92 Å². The summed E-state index contributed by atoms with van der Waals surface area (Å²) in [5.74, 6) is -0.518. The first kappa shape index (κ1) is 32.3. The SMILES string of the molecule is CCC(C)NC(=O)C(C)N(Cc1cccc(Br)c1)C(=O)CN(c1ccc(C(C)C)cc1)S(=O)(=O)c1ccc(C)cc1. The Bertz CT molecular complexity index is 1440. The average Bonchev–Trinajstić information content (AvgIpc) is 2.94. The standard InChI is InChI=1S/C32H40BrN3O4S/c1-7-24(5)34-32(38)25(6)35(20-26-9-8-10-28(33)19-26)31(37)21-36(29-15-13-27(14-16-29)22(2)3)41(39,40)30-17-11-23(4)12-18-30/h8-19,22,24-25H,7,20-21H2,1-6H3,(H,34,38). The summed E-state index contributed by atoms with van der Waals surface area (Å²) in [5.41, 5.74) is 3.17. The fourth-order valence-electron chi connectivity index (χ4n) is 4.27. The van der Waals surface area contributed by atoms with Crippen molar-refractivity contribution >= 4 is 43.5 Å². The van der Waals surface area contributed by atoms with Gasteiger partial charge in [-0.1, -0.05) is 78.7 Å². The molecule has 9 heteroatoms. The number of hydrogen-bond acceptors (Lipinski definition) is 4. The summed E-state index contributed by atoms with van der Waals surface area (Å²) in [6, 6.07) is 20.4. The zero-order valence-electron chi connectivity index (χ0n) is 24.6. The number of carbonyl (C=O) groups excluding carboxylic acids is 2. The predicted octanol–water partition coefficient (Wildman–Crippen LogP) is 6.41. The predicted molar refractivity (Wildman–Crippen MR) is 168 cm³/mol. The first-order chi connectivity index (χ1) is 19.3. The van der Waals surface area contributed by atoms with Crippen LogP contribution < -0.4 is 9.62 Å². The Hall–Kier alpha value is -3.17. The van der Waals surface area contributed by atoms with Crippen LogP contribution in [0.15, 0.2) is 82.2 Å². The number of aryl methyl sites for hydroxylation is 1. The molecule has 0 saturated carbocycles. The van der Waals surface area contributed by atoms with Gasteiger partial charge in [0.25, 0.3) is 10.0 Å². The second-order valence-electron chi connectivity index (χ2n) is 10.7. The van der Waals surface area contributed by atoms with Crippen molar-refractivity contribution in [1.82, 2.24) is 10.2 Å². The molecular weight excluding hydrogens is 602 g/mol. The van der Waals surface area contributed by atoms with Crippen LogP contribution in [0.3, 0.4) is 0 Å². The van der Waals surface area contributed by atoms with Crippen molar-refractivity contribution in [2.45, 2.75) is 77.4 Å². The van der Waals surface area contributed by atoms with Crippen LogP contribution in [0.2, 0.25) is 0 Å². The summed E-state index contributed by atoms with van der Waals surface area (Å²) in [6.45, 7) is 11.2. The van der Waals surface area contributed by atoms with Crippen LogP contribution in [0.4, 0.5) is 5.69 Å². The van der Waals surface area contributed by atoms with E-state index in [1.807, 2.05) is 57.2 Å². The number of nitrogens with one attached hydrogen (secondary N) is 1. The molecule has 3 rings (SSSR count). The molecule has 2 atom stereocenters. The molecule has 0 aliphatic carbocycles. The minimum absolute atomic E-state index is 0.0642. The van der Waals surface area contributed by atoms with E-state index in [2.05, 4.69) is 35.1 Å². The molecule has 0 radical (unpaired) electrons. The number of halogens is 1. The van der Waals surface area contributed by atoms with Crippen LogP contribution in [0.25, 0.3) is 0 Å². The number of amides is 2. The number of carbonyl (C=O) groups is 2. The minimum atomic E-state index is -4.10. The Labute approximate surface area is 253 Å². The van der Waals surface area contributed by atoms with E-state index in [1.165, 1.54) is 4.90 Å². The molecule has 1 N–H and O–H groups in total. The van der Waals surface area contributed by atoms with Crippen molar-refractivity contribution < 1.29 is 18.0 Å². The number of benzene rings is 3. The summed E-state index contributed by atoms with van der Waals surface area (Å²) >= 11 is 3.47. The quantitative estimate of drug-likeness (QED) is 0.248. The summed E-state index contributed by atoms with van der Waals surface area (Å²) < 4.78 is 29.9. The number of sulfonamides is 1. The Balaban J connectivity index is 2.04. The summed E-state index contributed by atoms with van der Waals surface area (Å²) in [5, 5.41) is 2.95. The van der Waals surface area contributed by atoms with E-state index in [0.29, 0.717) is 5.69 Å². The molecular formula is C32H40BrN3O4S. The van der Waals surface area contributed by atoms with Crippen molar-refractivity contribution in [3.8, 4) is 0 Å². The third-order valence-corrected chi connectivity index (χ3v) is 9.43. The first-order valence-electron chi connectivity index (χ1n) is 13.9. The normalized spacial score (nSPS) is 13.0. The van der Waals surface area contributed by atoms with Gasteiger partial charge in [0.05, 0.1) is 10.6 Å². The molecule has 0 aliphatic rings. The van der Waals surface area contributed by atoms with Crippen molar-refractivity contribution in [3.63, 3.8) is 0 Å². The molecule has 0 saturated heterocycles. The molecule has 220 valence electrons. The van der Waals surface area contributed by atoms with Crippen LogP contribution >= 0.6 is 15.9 Å².